The molecule has 1 N–H and O–H groups in total. The monoisotopic (exact) mass is 327 g/mol. The molecule has 3 amide bonds. The molecule has 0 bridgehead atoms. The van der Waals surface area contributed by atoms with Crippen molar-refractivity contribution in [2.75, 3.05) is 32.2 Å². The van der Waals surface area contributed by atoms with Crippen LogP contribution in [0.4, 0.5) is 0 Å². The first-order valence-electron chi connectivity index (χ1n) is 7.49. The molecule has 0 saturated carbocycles. The third-order valence-corrected chi connectivity index (χ3v) is 5.27. The fraction of sp³-hybridized carbons (Fsp3) is 0.786. The summed E-state index contributed by atoms with van der Waals surface area (Å²) in [7, 11) is 1.60. The van der Waals surface area contributed by atoms with Crippen LogP contribution in [0, 0.1) is 0 Å². The average Bonchev–Trinajstić information content (AvgIpc) is 3.09. The first-order chi connectivity index (χ1) is 10.6. The Labute approximate surface area is 133 Å². The van der Waals surface area contributed by atoms with Gasteiger partial charge in [0, 0.05) is 26.6 Å². The van der Waals surface area contributed by atoms with E-state index in [1.165, 1.54) is 11.8 Å². The fourth-order valence-corrected chi connectivity index (χ4v) is 4.03. The minimum Gasteiger partial charge on any atom is -0.380 e. The number of rotatable bonds is 4. The standard InChI is InChI=1S/C14H21N3O4S/c1-21-8-5-10-13(19)16-4-3-9(15-11(18)7-22-2)12(16)14(20)17(10)6-8/h8-10,12H,3-7H2,1-2H3,(H,15,18)/t8-,9+,10+,12+/m1/s1. The summed E-state index contributed by atoms with van der Waals surface area (Å²) in [6, 6.07) is -1.22. The third-order valence-electron chi connectivity index (χ3n) is 4.72. The maximum absolute atomic E-state index is 12.8. The summed E-state index contributed by atoms with van der Waals surface area (Å²) in [4.78, 5) is 40.5. The van der Waals surface area contributed by atoms with Crippen molar-refractivity contribution in [1.29, 1.82) is 0 Å². The zero-order valence-electron chi connectivity index (χ0n) is 12.8. The number of nitrogens with zero attached hydrogens (tertiary/aromatic N) is 2. The van der Waals surface area contributed by atoms with Gasteiger partial charge in [-0.05, 0) is 12.7 Å². The van der Waals surface area contributed by atoms with Crippen molar-refractivity contribution in [2.24, 2.45) is 0 Å². The number of carbonyl (C=O) groups excluding carboxylic acids is 3. The van der Waals surface area contributed by atoms with Crippen molar-refractivity contribution in [3.63, 3.8) is 0 Å². The van der Waals surface area contributed by atoms with Crippen LogP contribution in [0.3, 0.4) is 0 Å². The molecule has 3 aliphatic heterocycles. The Balaban J connectivity index is 1.76. The first kappa shape index (κ1) is 15.6. The van der Waals surface area contributed by atoms with E-state index >= 15 is 0 Å². The molecule has 8 heteroatoms. The Morgan fingerprint density at radius 1 is 1.36 bits per heavy atom. The maximum atomic E-state index is 12.8. The minimum atomic E-state index is -0.551. The molecule has 0 unspecified atom stereocenters. The molecule has 0 spiro atoms. The lowest BCUT2D eigenvalue weighted by atomic mass is 10.0. The van der Waals surface area contributed by atoms with Gasteiger partial charge in [-0.1, -0.05) is 0 Å². The van der Waals surface area contributed by atoms with Crippen molar-refractivity contribution < 1.29 is 19.1 Å². The number of amides is 3. The van der Waals surface area contributed by atoms with E-state index in [-0.39, 0.29) is 29.9 Å². The zero-order valence-corrected chi connectivity index (χ0v) is 13.6. The van der Waals surface area contributed by atoms with Gasteiger partial charge in [-0.3, -0.25) is 14.4 Å². The molecule has 4 atom stereocenters. The van der Waals surface area contributed by atoms with Crippen LogP contribution in [0.15, 0.2) is 0 Å². The molecule has 0 aliphatic carbocycles. The Kier molecular flexibility index (Phi) is 4.31. The predicted octanol–water partition coefficient (Wildman–Crippen LogP) is -0.935. The lowest BCUT2D eigenvalue weighted by Gasteiger charge is -2.40. The predicted molar refractivity (Wildman–Crippen MR) is 81.3 cm³/mol. The van der Waals surface area contributed by atoms with Crippen molar-refractivity contribution >= 4 is 29.5 Å². The summed E-state index contributed by atoms with van der Waals surface area (Å²) < 4.78 is 5.31. The molecule has 3 aliphatic rings. The summed E-state index contributed by atoms with van der Waals surface area (Å²) >= 11 is 1.44. The van der Waals surface area contributed by atoms with Crippen LogP contribution in [0.1, 0.15) is 12.8 Å². The van der Waals surface area contributed by atoms with Crippen LogP contribution >= 0.6 is 11.8 Å². The van der Waals surface area contributed by atoms with Crippen molar-refractivity contribution in [3.05, 3.63) is 0 Å². The molecule has 0 aromatic carbocycles. The van der Waals surface area contributed by atoms with E-state index in [2.05, 4.69) is 5.32 Å². The smallest absolute Gasteiger partial charge is 0.248 e. The van der Waals surface area contributed by atoms with Gasteiger partial charge in [0.15, 0.2) is 0 Å². The second kappa shape index (κ2) is 6.08. The molecule has 122 valence electrons. The van der Waals surface area contributed by atoms with E-state index in [9.17, 15) is 14.4 Å². The van der Waals surface area contributed by atoms with Crippen LogP contribution in [-0.2, 0) is 19.1 Å². The van der Waals surface area contributed by atoms with Gasteiger partial charge in [0.2, 0.25) is 17.7 Å². The Bertz CT molecular complexity index is 500. The van der Waals surface area contributed by atoms with Crippen LogP contribution in [0.5, 0.6) is 0 Å². The Morgan fingerprint density at radius 2 is 2.14 bits per heavy atom. The number of hydrogen-bond donors (Lipinski definition) is 1. The highest BCUT2D eigenvalue weighted by Gasteiger charge is 2.55. The summed E-state index contributed by atoms with van der Waals surface area (Å²) in [6.07, 6.45) is 2.97. The molecule has 7 nitrogen and oxygen atoms in total. The zero-order chi connectivity index (χ0) is 15.9. The number of methoxy groups -OCH3 is 1. The number of fused-ring (bicyclic) bond motifs is 2. The van der Waals surface area contributed by atoms with Crippen LogP contribution in [0.25, 0.3) is 0 Å². The van der Waals surface area contributed by atoms with Gasteiger partial charge < -0.3 is 19.9 Å². The van der Waals surface area contributed by atoms with E-state index in [1.54, 1.807) is 16.9 Å². The van der Waals surface area contributed by atoms with Crippen molar-refractivity contribution in [3.8, 4) is 0 Å². The normalized spacial score (nSPS) is 33.9. The van der Waals surface area contributed by atoms with Crippen LogP contribution in [-0.4, -0.2) is 84.0 Å². The highest BCUT2D eigenvalue weighted by molar-refractivity contribution is 7.99. The van der Waals surface area contributed by atoms with Gasteiger partial charge in [-0.2, -0.15) is 11.8 Å². The van der Waals surface area contributed by atoms with Gasteiger partial charge in [0.1, 0.15) is 12.1 Å². The van der Waals surface area contributed by atoms with E-state index in [1.807, 2.05) is 6.26 Å². The van der Waals surface area contributed by atoms with E-state index in [4.69, 9.17) is 4.74 Å². The average molecular weight is 327 g/mol. The molecule has 3 rings (SSSR count). The lowest BCUT2D eigenvalue weighted by Crippen LogP contribution is -2.64. The summed E-state index contributed by atoms with van der Waals surface area (Å²) in [6.45, 7) is 0.989. The topological polar surface area (TPSA) is 79.0 Å². The molecular weight excluding hydrogens is 306 g/mol. The van der Waals surface area contributed by atoms with E-state index in [0.29, 0.717) is 31.7 Å². The number of nitrogens with one attached hydrogen (secondary N) is 1. The van der Waals surface area contributed by atoms with Crippen LogP contribution in [0.2, 0.25) is 0 Å². The van der Waals surface area contributed by atoms with Gasteiger partial charge in [0.05, 0.1) is 17.9 Å². The molecule has 0 radical (unpaired) electrons. The molecular formula is C14H21N3O4S. The fourth-order valence-electron chi connectivity index (χ4n) is 3.68. The number of thioether (sulfide) groups is 1. The highest BCUT2D eigenvalue weighted by atomic mass is 32.2. The third kappa shape index (κ3) is 2.48. The van der Waals surface area contributed by atoms with Crippen LogP contribution < -0.4 is 5.32 Å². The van der Waals surface area contributed by atoms with Gasteiger partial charge in [-0.15, -0.1) is 0 Å². The van der Waals surface area contributed by atoms with E-state index in [0.717, 1.165) is 0 Å². The summed E-state index contributed by atoms with van der Waals surface area (Å²) in [5.74, 6) is 0.212. The maximum Gasteiger partial charge on any atom is 0.248 e. The number of piperazine rings is 1. The molecule has 3 fully saturated rings. The second-order valence-electron chi connectivity index (χ2n) is 5.97. The number of hydrogen-bond acceptors (Lipinski definition) is 5. The number of carbonyl (C=O) groups is 3. The SMILES string of the molecule is CO[C@@H]1C[C@H]2C(=O)N3CC[C@H](NC(=O)CSC)[C@H]3C(=O)N2C1. The van der Waals surface area contributed by atoms with Crippen molar-refractivity contribution in [1.82, 2.24) is 15.1 Å². The quantitative estimate of drug-likeness (QED) is 0.721. The second-order valence-corrected chi connectivity index (χ2v) is 6.84. The first-order valence-corrected chi connectivity index (χ1v) is 8.88. The van der Waals surface area contributed by atoms with Gasteiger partial charge in [0.25, 0.3) is 0 Å². The molecule has 3 heterocycles. The summed E-state index contributed by atoms with van der Waals surface area (Å²) in [5.41, 5.74) is 0. The van der Waals surface area contributed by atoms with Gasteiger partial charge in [-0.25, -0.2) is 0 Å². The Morgan fingerprint density at radius 3 is 2.82 bits per heavy atom. The molecule has 0 aromatic heterocycles. The molecule has 3 saturated heterocycles. The highest BCUT2D eigenvalue weighted by Crippen LogP contribution is 2.33. The summed E-state index contributed by atoms with van der Waals surface area (Å²) in [5, 5.41) is 2.90. The van der Waals surface area contributed by atoms with E-state index < -0.39 is 12.1 Å². The van der Waals surface area contributed by atoms with Gasteiger partial charge >= 0.3 is 0 Å². The largest absolute Gasteiger partial charge is 0.380 e. The minimum absolute atomic E-state index is 0.00855. The van der Waals surface area contributed by atoms with Crippen molar-refractivity contribution in [2.45, 2.75) is 37.1 Å². The molecule has 0 aromatic rings. The number of ether oxygens (including phenoxy) is 1. The Hall–Kier alpha value is -1.28. The lowest BCUT2D eigenvalue weighted by molar-refractivity contribution is -0.157. The molecule has 22 heavy (non-hydrogen) atoms.